The van der Waals surface area contributed by atoms with Crippen molar-refractivity contribution in [1.82, 2.24) is 5.32 Å². The van der Waals surface area contributed by atoms with E-state index in [1.165, 1.54) is 23.9 Å². The molecule has 0 spiro atoms. The summed E-state index contributed by atoms with van der Waals surface area (Å²) in [5.74, 6) is -0.902. The van der Waals surface area contributed by atoms with Gasteiger partial charge in [0.15, 0.2) is 0 Å². The van der Waals surface area contributed by atoms with Crippen molar-refractivity contribution in [2.75, 3.05) is 17.3 Å². The maximum absolute atomic E-state index is 13.3. The lowest BCUT2D eigenvalue weighted by molar-refractivity contribution is -0.139. The van der Waals surface area contributed by atoms with E-state index in [9.17, 15) is 14.0 Å². The number of anilines is 1. The van der Waals surface area contributed by atoms with Gasteiger partial charge in [-0.05, 0) is 43.0 Å². The van der Waals surface area contributed by atoms with Crippen molar-refractivity contribution < 1.29 is 19.1 Å². The molecule has 1 aromatic carbocycles. The number of aryl methyl sites for hydroxylation is 1. The molecule has 1 rings (SSSR count). The van der Waals surface area contributed by atoms with Gasteiger partial charge >= 0.3 is 12.0 Å². The molecule has 0 aliphatic rings. The predicted octanol–water partition coefficient (Wildman–Crippen LogP) is 2.46. The van der Waals surface area contributed by atoms with Crippen LogP contribution in [0.15, 0.2) is 18.2 Å². The summed E-state index contributed by atoms with van der Waals surface area (Å²) >= 11 is 1.50. The van der Waals surface area contributed by atoms with Gasteiger partial charge in [0.25, 0.3) is 0 Å². The Hall–Kier alpha value is -1.76. The van der Waals surface area contributed by atoms with Gasteiger partial charge in [-0.2, -0.15) is 11.8 Å². The fraction of sp³-hybridized carbons (Fsp3) is 0.385. The first-order valence-corrected chi connectivity index (χ1v) is 7.39. The molecule has 0 saturated carbocycles. The van der Waals surface area contributed by atoms with Crippen LogP contribution in [0.2, 0.25) is 0 Å². The van der Waals surface area contributed by atoms with Crippen molar-refractivity contribution in [2.45, 2.75) is 19.4 Å². The molecule has 0 radical (unpaired) electrons. The molecule has 0 fully saturated rings. The largest absolute Gasteiger partial charge is 0.480 e. The fourth-order valence-electron chi connectivity index (χ4n) is 1.49. The standard InChI is InChI=1S/C13H17FN2O3S/c1-8-3-4-9(7-10(8)14)15-13(19)16-11(12(17)18)5-6-20-2/h3-4,7,11H,5-6H2,1-2H3,(H,17,18)(H2,15,16,19)/t11-/m0/s1. The minimum Gasteiger partial charge on any atom is -0.480 e. The van der Waals surface area contributed by atoms with E-state index >= 15 is 0 Å². The zero-order valence-electron chi connectivity index (χ0n) is 11.3. The van der Waals surface area contributed by atoms with E-state index in [1.54, 1.807) is 13.0 Å². The second-order valence-corrected chi connectivity index (χ2v) is 5.22. The van der Waals surface area contributed by atoms with Crippen LogP contribution in [-0.2, 0) is 4.79 Å². The van der Waals surface area contributed by atoms with Crippen molar-refractivity contribution in [3.05, 3.63) is 29.6 Å². The number of carbonyl (C=O) groups is 2. The summed E-state index contributed by atoms with van der Waals surface area (Å²) in [4.78, 5) is 22.7. The van der Waals surface area contributed by atoms with Crippen LogP contribution in [0.3, 0.4) is 0 Å². The van der Waals surface area contributed by atoms with Crippen LogP contribution in [-0.4, -0.2) is 35.2 Å². The molecular formula is C13H17FN2O3S. The van der Waals surface area contributed by atoms with Crippen LogP contribution in [0.5, 0.6) is 0 Å². The molecule has 7 heteroatoms. The number of hydrogen-bond acceptors (Lipinski definition) is 3. The SMILES string of the molecule is CSCC[C@H](NC(=O)Nc1ccc(C)c(F)c1)C(=O)O. The van der Waals surface area contributed by atoms with E-state index in [2.05, 4.69) is 10.6 Å². The first kappa shape index (κ1) is 16.3. The molecular weight excluding hydrogens is 283 g/mol. The third-order valence-electron chi connectivity index (χ3n) is 2.64. The van der Waals surface area contributed by atoms with Crippen molar-refractivity contribution in [1.29, 1.82) is 0 Å². The fourth-order valence-corrected chi connectivity index (χ4v) is 1.96. The molecule has 20 heavy (non-hydrogen) atoms. The summed E-state index contributed by atoms with van der Waals surface area (Å²) in [6.45, 7) is 1.61. The van der Waals surface area contributed by atoms with Crippen LogP contribution in [0.25, 0.3) is 0 Å². The predicted molar refractivity (Wildman–Crippen MR) is 77.7 cm³/mol. The van der Waals surface area contributed by atoms with E-state index in [0.29, 0.717) is 17.7 Å². The zero-order chi connectivity index (χ0) is 15.1. The van der Waals surface area contributed by atoms with Crippen LogP contribution in [0.4, 0.5) is 14.9 Å². The van der Waals surface area contributed by atoms with Crippen LogP contribution in [0.1, 0.15) is 12.0 Å². The average molecular weight is 300 g/mol. The van der Waals surface area contributed by atoms with Crippen molar-refractivity contribution in [2.24, 2.45) is 0 Å². The highest BCUT2D eigenvalue weighted by molar-refractivity contribution is 7.98. The molecule has 110 valence electrons. The quantitative estimate of drug-likeness (QED) is 0.754. The Labute approximate surface area is 120 Å². The molecule has 0 unspecified atom stereocenters. The summed E-state index contributed by atoms with van der Waals surface area (Å²) in [5, 5.41) is 13.7. The molecule has 0 bridgehead atoms. The highest BCUT2D eigenvalue weighted by Crippen LogP contribution is 2.13. The van der Waals surface area contributed by atoms with Gasteiger partial charge in [0, 0.05) is 5.69 Å². The van der Waals surface area contributed by atoms with Crippen LogP contribution in [0, 0.1) is 12.7 Å². The van der Waals surface area contributed by atoms with Gasteiger partial charge in [-0.3, -0.25) is 0 Å². The van der Waals surface area contributed by atoms with E-state index in [-0.39, 0.29) is 5.69 Å². The normalized spacial score (nSPS) is 11.8. The lowest BCUT2D eigenvalue weighted by Crippen LogP contribution is -2.43. The number of thioether (sulfide) groups is 1. The number of nitrogens with one attached hydrogen (secondary N) is 2. The summed E-state index contributed by atoms with van der Waals surface area (Å²) < 4.78 is 13.3. The maximum atomic E-state index is 13.3. The number of rotatable bonds is 6. The van der Waals surface area contributed by atoms with E-state index in [1.807, 2.05) is 6.26 Å². The molecule has 3 N–H and O–H groups in total. The second-order valence-electron chi connectivity index (χ2n) is 4.23. The van der Waals surface area contributed by atoms with E-state index in [4.69, 9.17) is 5.11 Å². The molecule has 0 aliphatic carbocycles. The van der Waals surface area contributed by atoms with Gasteiger partial charge in [-0.1, -0.05) is 6.07 Å². The third kappa shape index (κ3) is 5.08. The van der Waals surface area contributed by atoms with Crippen LogP contribution >= 0.6 is 11.8 Å². The number of hydrogen-bond donors (Lipinski definition) is 3. The molecule has 0 aliphatic heterocycles. The number of carboxylic acid groups (broad SMARTS) is 1. The summed E-state index contributed by atoms with van der Waals surface area (Å²) in [6.07, 6.45) is 2.18. The van der Waals surface area contributed by atoms with E-state index < -0.39 is 23.9 Å². The number of halogens is 1. The van der Waals surface area contributed by atoms with Gasteiger partial charge in [-0.15, -0.1) is 0 Å². The molecule has 0 aromatic heterocycles. The average Bonchev–Trinajstić information content (AvgIpc) is 2.38. The van der Waals surface area contributed by atoms with Crippen molar-refractivity contribution in [3.8, 4) is 0 Å². The molecule has 0 heterocycles. The Kier molecular flexibility index (Phi) is 6.30. The minimum absolute atomic E-state index is 0.277. The number of aliphatic carboxylic acids is 1. The van der Waals surface area contributed by atoms with Crippen molar-refractivity contribution >= 4 is 29.4 Å². The third-order valence-corrected chi connectivity index (χ3v) is 3.29. The molecule has 5 nitrogen and oxygen atoms in total. The second kappa shape index (κ2) is 7.74. The van der Waals surface area contributed by atoms with Crippen LogP contribution < -0.4 is 10.6 Å². The first-order chi connectivity index (χ1) is 9.43. The maximum Gasteiger partial charge on any atom is 0.326 e. The van der Waals surface area contributed by atoms with Crippen molar-refractivity contribution in [3.63, 3.8) is 0 Å². The van der Waals surface area contributed by atoms with Gasteiger partial charge in [0.1, 0.15) is 11.9 Å². The number of benzene rings is 1. The highest BCUT2D eigenvalue weighted by Gasteiger charge is 2.19. The Morgan fingerprint density at radius 1 is 1.45 bits per heavy atom. The summed E-state index contributed by atoms with van der Waals surface area (Å²) in [7, 11) is 0. The van der Waals surface area contributed by atoms with Gasteiger partial charge in [0.05, 0.1) is 0 Å². The monoisotopic (exact) mass is 300 g/mol. The van der Waals surface area contributed by atoms with E-state index in [0.717, 1.165) is 0 Å². The van der Waals surface area contributed by atoms with Gasteiger partial charge < -0.3 is 15.7 Å². The topological polar surface area (TPSA) is 78.4 Å². The number of amides is 2. The summed E-state index contributed by atoms with van der Waals surface area (Å²) in [5.41, 5.74) is 0.749. The highest BCUT2D eigenvalue weighted by atomic mass is 32.2. The molecule has 1 aromatic rings. The molecule has 0 saturated heterocycles. The Morgan fingerprint density at radius 3 is 2.70 bits per heavy atom. The zero-order valence-corrected chi connectivity index (χ0v) is 12.1. The number of carboxylic acids is 1. The lowest BCUT2D eigenvalue weighted by atomic mass is 10.2. The number of urea groups is 1. The Bertz CT molecular complexity index is 497. The number of carbonyl (C=O) groups excluding carboxylic acids is 1. The Balaban J connectivity index is 2.60. The van der Waals surface area contributed by atoms with Gasteiger partial charge in [0.2, 0.25) is 0 Å². The molecule has 1 atom stereocenters. The first-order valence-electron chi connectivity index (χ1n) is 5.99. The molecule has 2 amide bonds. The smallest absolute Gasteiger partial charge is 0.326 e. The summed E-state index contributed by atoms with van der Waals surface area (Å²) in [6, 6.07) is 2.65. The minimum atomic E-state index is -1.09. The lowest BCUT2D eigenvalue weighted by Gasteiger charge is -2.14. The Morgan fingerprint density at radius 2 is 2.15 bits per heavy atom. The van der Waals surface area contributed by atoms with Gasteiger partial charge in [-0.25, -0.2) is 14.0 Å².